The molecule has 1 atom stereocenters. The summed E-state index contributed by atoms with van der Waals surface area (Å²) in [4.78, 5) is 37.4. The lowest BCUT2D eigenvalue weighted by Crippen LogP contribution is -2.42. The highest BCUT2D eigenvalue weighted by Crippen LogP contribution is 2.33. The molecule has 1 saturated heterocycles. The second-order valence-corrected chi connectivity index (χ2v) is 10.0. The van der Waals surface area contributed by atoms with Crippen molar-refractivity contribution in [1.29, 1.82) is 0 Å². The quantitative estimate of drug-likeness (QED) is 0.468. The van der Waals surface area contributed by atoms with Crippen molar-refractivity contribution in [2.75, 3.05) is 18.8 Å². The molecule has 0 saturated carbocycles. The lowest BCUT2D eigenvalue weighted by atomic mass is 10.1. The molecule has 1 aliphatic rings. The number of imidazole rings is 1. The van der Waals surface area contributed by atoms with Crippen LogP contribution < -0.4 is 5.32 Å². The monoisotopic (exact) mass is 481 g/mol. The van der Waals surface area contributed by atoms with Gasteiger partial charge >= 0.3 is 0 Å². The third-order valence-corrected chi connectivity index (χ3v) is 7.62. The van der Waals surface area contributed by atoms with Gasteiger partial charge in [0.2, 0.25) is 0 Å². The van der Waals surface area contributed by atoms with Crippen LogP contribution in [0.25, 0.3) is 16.1 Å². The lowest BCUT2D eigenvalue weighted by molar-refractivity contribution is 0.0746. The molecule has 1 aliphatic heterocycles. The molecule has 4 aromatic rings. The van der Waals surface area contributed by atoms with Crippen LogP contribution in [0.5, 0.6) is 0 Å². The maximum absolute atomic E-state index is 13.4. The molecule has 3 aromatic heterocycles. The fourth-order valence-corrected chi connectivity index (χ4v) is 5.87. The maximum atomic E-state index is 13.4. The van der Waals surface area contributed by atoms with Gasteiger partial charge in [-0.15, -0.1) is 23.1 Å². The molecule has 0 spiro atoms. The third-order valence-electron chi connectivity index (χ3n) is 5.38. The summed E-state index contributed by atoms with van der Waals surface area (Å²) < 4.78 is 15.1. The zero-order valence-electron chi connectivity index (χ0n) is 17.7. The highest BCUT2D eigenvalue weighted by atomic mass is 32.2. The fourth-order valence-electron chi connectivity index (χ4n) is 3.80. The number of thiazole rings is 1. The number of amides is 2. The van der Waals surface area contributed by atoms with E-state index in [2.05, 4.69) is 15.3 Å². The van der Waals surface area contributed by atoms with Gasteiger partial charge in [-0.25, -0.2) is 14.4 Å². The topological polar surface area (TPSA) is 79.6 Å². The molecule has 10 heteroatoms. The maximum Gasteiger partial charge on any atom is 0.274 e. The Morgan fingerprint density at radius 3 is 2.85 bits per heavy atom. The molecule has 33 heavy (non-hydrogen) atoms. The highest BCUT2D eigenvalue weighted by Gasteiger charge is 2.33. The SMILES string of the molecule is Cc1nc(C(=O)N2CCSC2CNC(=O)c2cnc3ccccn23)c(-c2ccc(F)cc2)s1. The molecule has 5 rings (SSSR count). The molecule has 1 N–H and O–H groups in total. The van der Waals surface area contributed by atoms with E-state index in [4.69, 9.17) is 0 Å². The van der Waals surface area contributed by atoms with Crippen LogP contribution in [0.2, 0.25) is 0 Å². The van der Waals surface area contributed by atoms with E-state index in [1.165, 1.54) is 23.5 Å². The summed E-state index contributed by atoms with van der Waals surface area (Å²) in [6.45, 7) is 2.73. The van der Waals surface area contributed by atoms with Gasteiger partial charge in [0.05, 0.1) is 21.5 Å². The van der Waals surface area contributed by atoms with Gasteiger partial charge in [0.15, 0.2) is 0 Å². The van der Waals surface area contributed by atoms with Crippen LogP contribution in [-0.4, -0.2) is 55.3 Å². The normalized spacial score (nSPS) is 15.8. The summed E-state index contributed by atoms with van der Waals surface area (Å²) >= 11 is 3.03. The van der Waals surface area contributed by atoms with Gasteiger partial charge in [0.25, 0.3) is 11.8 Å². The Bertz CT molecular complexity index is 1330. The number of fused-ring (bicyclic) bond motifs is 1. The minimum Gasteiger partial charge on any atom is -0.348 e. The van der Waals surface area contributed by atoms with Crippen LogP contribution in [0, 0.1) is 12.7 Å². The smallest absolute Gasteiger partial charge is 0.274 e. The molecule has 168 valence electrons. The van der Waals surface area contributed by atoms with E-state index in [1.54, 1.807) is 45.6 Å². The van der Waals surface area contributed by atoms with Gasteiger partial charge < -0.3 is 10.2 Å². The van der Waals surface area contributed by atoms with Crippen LogP contribution in [0.4, 0.5) is 4.39 Å². The van der Waals surface area contributed by atoms with Gasteiger partial charge in [-0.2, -0.15) is 0 Å². The zero-order valence-corrected chi connectivity index (χ0v) is 19.3. The molecule has 2 amide bonds. The third kappa shape index (κ3) is 4.23. The first-order chi connectivity index (χ1) is 16.0. The first kappa shape index (κ1) is 21.6. The summed E-state index contributed by atoms with van der Waals surface area (Å²) in [5.74, 6) is 0.0186. The van der Waals surface area contributed by atoms with Crippen LogP contribution in [0.3, 0.4) is 0 Å². The van der Waals surface area contributed by atoms with Crippen LogP contribution >= 0.6 is 23.1 Å². The predicted molar refractivity (Wildman–Crippen MR) is 127 cm³/mol. The first-order valence-electron chi connectivity index (χ1n) is 10.4. The number of benzene rings is 1. The Labute approximate surface area is 197 Å². The lowest BCUT2D eigenvalue weighted by Gasteiger charge is -2.23. The highest BCUT2D eigenvalue weighted by molar-refractivity contribution is 8.00. The number of hydrogen-bond donors (Lipinski definition) is 1. The van der Waals surface area contributed by atoms with E-state index >= 15 is 0 Å². The summed E-state index contributed by atoms with van der Waals surface area (Å²) in [6.07, 6.45) is 3.33. The molecule has 7 nitrogen and oxygen atoms in total. The zero-order chi connectivity index (χ0) is 22.9. The number of nitrogens with zero attached hydrogens (tertiary/aromatic N) is 4. The molecule has 0 bridgehead atoms. The number of nitrogens with one attached hydrogen (secondary N) is 1. The Balaban J connectivity index is 1.32. The van der Waals surface area contributed by atoms with E-state index in [9.17, 15) is 14.0 Å². The number of pyridine rings is 1. The minimum absolute atomic E-state index is 0.183. The van der Waals surface area contributed by atoms with Crippen LogP contribution in [-0.2, 0) is 0 Å². The molecule has 0 radical (unpaired) electrons. The number of halogens is 1. The minimum atomic E-state index is -0.328. The number of carbonyl (C=O) groups excluding carboxylic acids is 2. The van der Waals surface area contributed by atoms with Crippen molar-refractivity contribution in [3.05, 3.63) is 77.1 Å². The number of aromatic nitrogens is 3. The van der Waals surface area contributed by atoms with Gasteiger partial charge in [-0.1, -0.05) is 18.2 Å². The molecule has 1 unspecified atom stereocenters. The van der Waals surface area contributed by atoms with E-state index < -0.39 is 0 Å². The first-order valence-corrected chi connectivity index (χ1v) is 12.2. The fraction of sp³-hybridized carbons (Fsp3) is 0.217. The molecule has 0 aliphatic carbocycles. The van der Waals surface area contributed by atoms with E-state index in [0.717, 1.165) is 21.2 Å². The Morgan fingerprint density at radius 1 is 1.21 bits per heavy atom. The second kappa shape index (κ2) is 8.95. The second-order valence-electron chi connectivity index (χ2n) is 7.52. The van der Waals surface area contributed by atoms with Crippen molar-refractivity contribution < 1.29 is 14.0 Å². The average Bonchev–Trinajstić information content (AvgIpc) is 3.55. The van der Waals surface area contributed by atoms with Crippen molar-refractivity contribution >= 4 is 40.6 Å². The summed E-state index contributed by atoms with van der Waals surface area (Å²) in [5.41, 5.74) is 2.27. The van der Waals surface area contributed by atoms with E-state index in [0.29, 0.717) is 30.1 Å². The number of thioether (sulfide) groups is 1. The number of hydrogen-bond acceptors (Lipinski definition) is 6. The Morgan fingerprint density at radius 2 is 2.03 bits per heavy atom. The van der Waals surface area contributed by atoms with Gasteiger partial charge in [-0.3, -0.25) is 14.0 Å². The van der Waals surface area contributed by atoms with E-state index in [-0.39, 0.29) is 23.0 Å². The Kier molecular flexibility index (Phi) is 5.86. The van der Waals surface area contributed by atoms with Crippen molar-refractivity contribution in [3.63, 3.8) is 0 Å². The Hall–Kier alpha value is -3.24. The summed E-state index contributed by atoms with van der Waals surface area (Å²) in [7, 11) is 0. The van der Waals surface area contributed by atoms with Crippen molar-refractivity contribution in [2.45, 2.75) is 12.3 Å². The van der Waals surface area contributed by atoms with E-state index in [1.807, 2.05) is 25.1 Å². The molecule has 4 heterocycles. The van der Waals surface area contributed by atoms with Crippen molar-refractivity contribution in [1.82, 2.24) is 24.6 Å². The predicted octanol–water partition coefficient (Wildman–Crippen LogP) is 3.85. The number of carbonyl (C=O) groups is 2. The summed E-state index contributed by atoms with van der Waals surface area (Å²) in [6, 6.07) is 11.6. The number of rotatable bonds is 5. The van der Waals surface area contributed by atoms with Gasteiger partial charge in [0.1, 0.15) is 22.9 Å². The number of aryl methyl sites for hydroxylation is 1. The standard InChI is InChI=1S/C23H20FN5O2S2/c1-14-27-20(21(33-14)15-5-7-16(24)8-6-15)23(31)29-10-11-32-19(29)13-26-22(30)17-12-25-18-4-2-3-9-28(17)18/h2-9,12,19H,10-11,13H2,1H3,(H,26,30). The summed E-state index contributed by atoms with van der Waals surface area (Å²) in [5, 5.41) is 3.50. The molecular weight excluding hydrogens is 461 g/mol. The van der Waals surface area contributed by atoms with Gasteiger partial charge in [-0.05, 0) is 36.8 Å². The molecule has 1 fully saturated rings. The van der Waals surface area contributed by atoms with Crippen LogP contribution in [0.1, 0.15) is 26.0 Å². The van der Waals surface area contributed by atoms with Crippen LogP contribution in [0.15, 0.2) is 54.9 Å². The van der Waals surface area contributed by atoms with Crippen molar-refractivity contribution in [2.24, 2.45) is 0 Å². The van der Waals surface area contributed by atoms with Crippen molar-refractivity contribution in [3.8, 4) is 10.4 Å². The average molecular weight is 482 g/mol. The largest absolute Gasteiger partial charge is 0.348 e. The molecular formula is C23H20FN5O2S2. The molecule has 1 aromatic carbocycles. The van der Waals surface area contributed by atoms with Gasteiger partial charge in [0, 0.05) is 25.0 Å².